The van der Waals surface area contributed by atoms with E-state index in [1.165, 1.54) is 12.1 Å². The van der Waals surface area contributed by atoms with Crippen LogP contribution in [0.3, 0.4) is 0 Å². The van der Waals surface area contributed by atoms with Crippen LogP contribution in [0.15, 0.2) is 18.2 Å². The molecule has 4 N–H and O–H groups in total. The van der Waals surface area contributed by atoms with E-state index in [1.807, 2.05) is 0 Å². The van der Waals surface area contributed by atoms with Crippen molar-refractivity contribution in [2.24, 2.45) is 5.73 Å². The number of unbranched alkanes of at least 4 members (excludes halogenated alkanes) is 3. The van der Waals surface area contributed by atoms with E-state index in [-0.39, 0.29) is 22.8 Å². The Morgan fingerprint density at radius 2 is 1.82 bits per heavy atom. The van der Waals surface area contributed by atoms with Crippen molar-refractivity contribution in [2.75, 3.05) is 6.54 Å². The molecule has 0 spiro atoms. The molecule has 94 valence electrons. The highest BCUT2D eigenvalue weighted by molar-refractivity contribution is 5.99. The van der Waals surface area contributed by atoms with Crippen molar-refractivity contribution in [2.45, 2.75) is 32.1 Å². The number of ketones is 1. The van der Waals surface area contributed by atoms with Gasteiger partial charge in [0.05, 0.1) is 5.56 Å². The van der Waals surface area contributed by atoms with Gasteiger partial charge in [0.1, 0.15) is 0 Å². The second-order valence-electron chi connectivity index (χ2n) is 4.05. The Kier molecular flexibility index (Phi) is 5.49. The molecular formula is C13H19NO3. The van der Waals surface area contributed by atoms with Crippen LogP contribution >= 0.6 is 0 Å². The van der Waals surface area contributed by atoms with Gasteiger partial charge in [-0.25, -0.2) is 0 Å². The van der Waals surface area contributed by atoms with E-state index in [0.29, 0.717) is 13.0 Å². The fraction of sp³-hybridized carbons (Fsp3) is 0.462. The lowest BCUT2D eigenvalue weighted by Gasteiger charge is -2.05. The van der Waals surface area contributed by atoms with Gasteiger partial charge in [-0.2, -0.15) is 0 Å². The van der Waals surface area contributed by atoms with Gasteiger partial charge >= 0.3 is 0 Å². The minimum Gasteiger partial charge on any atom is -0.504 e. The number of phenols is 2. The van der Waals surface area contributed by atoms with Gasteiger partial charge in [-0.15, -0.1) is 0 Å². The van der Waals surface area contributed by atoms with Crippen LogP contribution in [0.1, 0.15) is 42.5 Å². The van der Waals surface area contributed by atoms with Crippen LogP contribution < -0.4 is 5.73 Å². The molecule has 0 unspecified atom stereocenters. The molecule has 1 rings (SSSR count). The highest BCUT2D eigenvalue weighted by Crippen LogP contribution is 2.29. The van der Waals surface area contributed by atoms with E-state index in [9.17, 15) is 15.0 Å². The standard InChI is InChI=1S/C13H19NO3/c14-9-4-2-1-3-7-11(15)10-6-5-8-12(16)13(10)17/h5-6,8,16-17H,1-4,7,9,14H2. The number of rotatable bonds is 7. The normalized spacial score (nSPS) is 10.4. The largest absolute Gasteiger partial charge is 0.504 e. The van der Waals surface area contributed by atoms with E-state index in [0.717, 1.165) is 25.7 Å². The SMILES string of the molecule is NCCCCCCC(=O)c1cccc(O)c1O. The van der Waals surface area contributed by atoms with Gasteiger partial charge in [0, 0.05) is 6.42 Å². The van der Waals surface area contributed by atoms with E-state index >= 15 is 0 Å². The maximum absolute atomic E-state index is 11.8. The average molecular weight is 237 g/mol. The predicted molar refractivity (Wildman–Crippen MR) is 66.2 cm³/mol. The van der Waals surface area contributed by atoms with Crippen LogP contribution in [0.25, 0.3) is 0 Å². The third kappa shape index (κ3) is 4.07. The number of benzene rings is 1. The van der Waals surface area contributed by atoms with Crippen LogP contribution in [-0.4, -0.2) is 22.5 Å². The number of Topliss-reactive ketones (excluding diaryl/α,β-unsaturated/α-hetero) is 1. The number of hydrogen-bond acceptors (Lipinski definition) is 4. The van der Waals surface area contributed by atoms with Crippen LogP contribution in [0.4, 0.5) is 0 Å². The zero-order valence-corrected chi connectivity index (χ0v) is 9.85. The molecule has 1 aromatic carbocycles. The minimum absolute atomic E-state index is 0.133. The number of nitrogens with two attached hydrogens (primary N) is 1. The molecule has 0 aliphatic heterocycles. The van der Waals surface area contributed by atoms with Crippen molar-refractivity contribution in [1.82, 2.24) is 0 Å². The third-order valence-electron chi connectivity index (χ3n) is 2.67. The second kappa shape index (κ2) is 6.91. The molecule has 0 heterocycles. The molecule has 0 atom stereocenters. The van der Waals surface area contributed by atoms with Gasteiger partial charge in [-0.3, -0.25) is 4.79 Å². The number of hydrogen-bond donors (Lipinski definition) is 3. The van der Waals surface area contributed by atoms with Gasteiger partial charge in [0.15, 0.2) is 17.3 Å². The molecule has 0 bridgehead atoms. The quantitative estimate of drug-likeness (QED) is 0.385. The van der Waals surface area contributed by atoms with Crippen molar-refractivity contribution in [3.63, 3.8) is 0 Å². The smallest absolute Gasteiger partial charge is 0.168 e. The number of phenolic OH excluding ortho intramolecular Hbond substituents is 2. The highest BCUT2D eigenvalue weighted by atomic mass is 16.3. The van der Waals surface area contributed by atoms with E-state index in [2.05, 4.69) is 0 Å². The van der Waals surface area contributed by atoms with E-state index < -0.39 is 0 Å². The molecule has 0 aromatic heterocycles. The molecule has 0 aliphatic carbocycles. The molecule has 0 aliphatic rings. The first-order chi connectivity index (χ1) is 8.16. The number of carbonyl (C=O) groups is 1. The Labute approximate surface area is 101 Å². The Morgan fingerprint density at radius 1 is 1.12 bits per heavy atom. The van der Waals surface area contributed by atoms with Crippen molar-refractivity contribution >= 4 is 5.78 Å². The number of carbonyl (C=O) groups excluding carboxylic acids is 1. The first kappa shape index (κ1) is 13.5. The summed E-state index contributed by atoms with van der Waals surface area (Å²) in [6.45, 7) is 0.682. The van der Waals surface area contributed by atoms with Crippen molar-refractivity contribution < 1.29 is 15.0 Å². The van der Waals surface area contributed by atoms with Crippen LogP contribution in [-0.2, 0) is 0 Å². The fourth-order valence-corrected chi connectivity index (χ4v) is 1.67. The Balaban J connectivity index is 2.44. The Bertz CT molecular complexity index is 377. The first-order valence-electron chi connectivity index (χ1n) is 5.91. The van der Waals surface area contributed by atoms with E-state index in [1.54, 1.807) is 6.07 Å². The number of para-hydroxylation sites is 1. The molecule has 0 amide bonds. The second-order valence-corrected chi connectivity index (χ2v) is 4.05. The molecule has 4 nitrogen and oxygen atoms in total. The third-order valence-corrected chi connectivity index (χ3v) is 2.67. The minimum atomic E-state index is -0.320. The summed E-state index contributed by atoms with van der Waals surface area (Å²) in [5.74, 6) is -0.704. The van der Waals surface area contributed by atoms with Gasteiger partial charge in [-0.05, 0) is 31.5 Å². The fourth-order valence-electron chi connectivity index (χ4n) is 1.67. The van der Waals surface area contributed by atoms with Crippen LogP contribution in [0.2, 0.25) is 0 Å². The summed E-state index contributed by atoms with van der Waals surface area (Å²) in [5, 5.41) is 18.8. The predicted octanol–water partition coefficient (Wildman–Crippen LogP) is 2.19. The zero-order chi connectivity index (χ0) is 12.7. The summed E-state index contributed by atoms with van der Waals surface area (Å²) in [7, 11) is 0. The maximum atomic E-state index is 11.8. The van der Waals surface area contributed by atoms with Gasteiger partial charge < -0.3 is 15.9 Å². The van der Waals surface area contributed by atoms with Crippen LogP contribution in [0, 0.1) is 0 Å². The summed E-state index contributed by atoms with van der Waals surface area (Å²) >= 11 is 0. The lowest BCUT2D eigenvalue weighted by molar-refractivity contribution is 0.0976. The van der Waals surface area contributed by atoms with Crippen molar-refractivity contribution in [3.05, 3.63) is 23.8 Å². The van der Waals surface area contributed by atoms with Gasteiger partial charge in [0.2, 0.25) is 0 Å². The van der Waals surface area contributed by atoms with Crippen molar-refractivity contribution in [3.8, 4) is 11.5 Å². The summed E-state index contributed by atoms with van der Waals surface area (Å²) in [4.78, 5) is 11.8. The molecule has 1 aromatic rings. The maximum Gasteiger partial charge on any atom is 0.168 e. The van der Waals surface area contributed by atoms with Crippen LogP contribution in [0.5, 0.6) is 11.5 Å². The average Bonchev–Trinajstić information content (AvgIpc) is 2.32. The van der Waals surface area contributed by atoms with Gasteiger partial charge in [-0.1, -0.05) is 18.9 Å². The molecule has 4 heteroatoms. The molecular weight excluding hydrogens is 218 g/mol. The topological polar surface area (TPSA) is 83.6 Å². The summed E-state index contributed by atoms with van der Waals surface area (Å²) in [6.07, 6.45) is 4.14. The summed E-state index contributed by atoms with van der Waals surface area (Å²) in [6, 6.07) is 4.43. The monoisotopic (exact) mass is 237 g/mol. The lowest BCUT2D eigenvalue weighted by atomic mass is 10.0. The van der Waals surface area contributed by atoms with Gasteiger partial charge in [0.25, 0.3) is 0 Å². The Hall–Kier alpha value is -1.55. The summed E-state index contributed by atoms with van der Waals surface area (Å²) in [5.41, 5.74) is 5.57. The molecule has 17 heavy (non-hydrogen) atoms. The molecule has 0 radical (unpaired) electrons. The highest BCUT2D eigenvalue weighted by Gasteiger charge is 2.13. The molecule has 0 saturated carbocycles. The number of aromatic hydroxyl groups is 2. The zero-order valence-electron chi connectivity index (χ0n) is 9.85. The molecule has 0 fully saturated rings. The van der Waals surface area contributed by atoms with E-state index in [4.69, 9.17) is 5.73 Å². The van der Waals surface area contributed by atoms with Crippen molar-refractivity contribution in [1.29, 1.82) is 0 Å². The Morgan fingerprint density at radius 3 is 2.53 bits per heavy atom. The first-order valence-corrected chi connectivity index (χ1v) is 5.91. The summed E-state index contributed by atoms with van der Waals surface area (Å²) < 4.78 is 0. The molecule has 0 saturated heterocycles. The lowest BCUT2D eigenvalue weighted by Crippen LogP contribution is -2.00.